The molecule has 0 aliphatic carbocycles. The van der Waals surface area contributed by atoms with Gasteiger partial charge in [0.25, 0.3) is 0 Å². The van der Waals surface area contributed by atoms with E-state index >= 15 is 0 Å². The number of rotatable bonds is 7. The summed E-state index contributed by atoms with van der Waals surface area (Å²) in [4.78, 5) is 8.07. The van der Waals surface area contributed by atoms with Gasteiger partial charge in [0.15, 0.2) is 0 Å². The summed E-state index contributed by atoms with van der Waals surface area (Å²) in [6, 6.07) is 23.1. The number of ether oxygens (including phenoxy) is 1. The van der Waals surface area contributed by atoms with Gasteiger partial charge in [0, 0.05) is 19.3 Å². The lowest BCUT2D eigenvalue weighted by molar-refractivity contribution is 0.216. The number of fused-ring (bicyclic) bond motifs is 1. The summed E-state index contributed by atoms with van der Waals surface area (Å²) < 4.78 is 34.1. The maximum atomic E-state index is 13.5. The van der Waals surface area contributed by atoms with Crippen molar-refractivity contribution in [2.45, 2.75) is 10.9 Å². The van der Waals surface area contributed by atoms with Crippen molar-refractivity contribution in [1.29, 1.82) is 0 Å². The lowest BCUT2D eigenvalue weighted by Crippen LogP contribution is -2.34. The number of sulfonamides is 1. The SMILES string of the molecule is CN(C(COc1ccnc(Cl)n1)c1ccccc1)S(=O)(=O)c1ccc2ccccc2c1. The highest BCUT2D eigenvalue weighted by Crippen LogP contribution is 2.28. The van der Waals surface area contributed by atoms with Crippen molar-refractivity contribution in [3.05, 3.63) is 95.9 Å². The molecule has 4 rings (SSSR count). The number of hydrogen-bond acceptors (Lipinski definition) is 5. The van der Waals surface area contributed by atoms with E-state index in [1.165, 1.54) is 10.5 Å². The van der Waals surface area contributed by atoms with Gasteiger partial charge in [-0.3, -0.25) is 0 Å². The normalized spacial score (nSPS) is 12.7. The fourth-order valence-electron chi connectivity index (χ4n) is 3.31. The van der Waals surface area contributed by atoms with E-state index < -0.39 is 16.1 Å². The van der Waals surface area contributed by atoms with Gasteiger partial charge >= 0.3 is 0 Å². The zero-order chi connectivity index (χ0) is 21.8. The van der Waals surface area contributed by atoms with Gasteiger partial charge in [0.2, 0.25) is 21.2 Å². The van der Waals surface area contributed by atoms with Crippen molar-refractivity contribution in [3.8, 4) is 5.88 Å². The molecule has 31 heavy (non-hydrogen) atoms. The molecular weight excluding hydrogens is 434 g/mol. The lowest BCUT2D eigenvalue weighted by atomic mass is 10.1. The first-order valence-corrected chi connectivity index (χ1v) is 11.4. The Morgan fingerprint density at radius 2 is 1.68 bits per heavy atom. The maximum absolute atomic E-state index is 13.5. The van der Waals surface area contributed by atoms with Crippen LogP contribution in [-0.4, -0.2) is 36.3 Å². The van der Waals surface area contributed by atoms with Gasteiger partial charge in [-0.2, -0.15) is 9.29 Å². The van der Waals surface area contributed by atoms with Gasteiger partial charge in [-0.25, -0.2) is 13.4 Å². The van der Waals surface area contributed by atoms with Crippen LogP contribution in [0.25, 0.3) is 10.8 Å². The van der Waals surface area contributed by atoms with Gasteiger partial charge in [0.1, 0.15) is 6.61 Å². The molecule has 0 aliphatic rings. The molecule has 1 atom stereocenters. The molecule has 0 radical (unpaired) electrons. The predicted octanol–water partition coefficient (Wildman–Crippen LogP) is 4.72. The average Bonchev–Trinajstić information content (AvgIpc) is 2.79. The molecule has 0 saturated carbocycles. The van der Waals surface area contributed by atoms with E-state index in [1.54, 1.807) is 25.2 Å². The highest BCUT2D eigenvalue weighted by atomic mass is 35.5. The van der Waals surface area contributed by atoms with Crippen molar-refractivity contribution >= 4 is 32.4 Å². The number of nitrogens with zero attached hydrogens (tertiary/aromatic N) is 3. The Labute approximate surface area is 186 Å². The number of benzene rings is 3. The largest absolute Gasteiger partial charge is 0.475 e. The Morgan fingerprint density at radius 1 is 0.968 bits per heavy atom. The molecule has 158 valence electrons. The molecule has 1 aromatic heterocycles. The molecule has 0 bridgehead atoms. The van der Waals surface area contributed by atoms with Gasteiger partial charge in [-0.1, -0.05) is 60.7 Å². The second-order valence-corrected chi connectivity index (χ2v) is 9.27. The van der Waals surface area contributed by atoms with Crippen LogP contribution in [0, 0.1) is 0 Å². The molecule has 0 N–H and O–H groups in total. The lowest BCUT2D eigenvalue weighted by Gasteiger charge is -2.28. The summed E-state index contributed by atoms with van der Waals surface area (Å²) >= 11 is 5.83. The minimum atomic E-state index is -3.80. The molecule has 0 fully saturated rings. The number of hydrogen-bond donors (Lipinski definition) is 0. The second kappa shape index (κ2) is 9.01. The van der Waals surface area contributed by atoms with Gasteiger partial charge in [0.05, 0.1) is 10.9 Å². The molecule has 4 aromatic rings. The van der Waals surface area contributed by atoms with Gasteiger partial charge in [-0.05, 0) is 40.1 Å². The summed E-state index contributed by atoms with van der Waals surface area (Å²) in [5.41, 5.74) is 0.800. The fraction of sp³-hybridized carbons (Fsp3) is 0.130. The molecule has 0 spiro atoms. The molecule has 3 aromatic carbocycles. The van der Waals surface area contributed by atoms with Crippen molar-refractivity contribution in [1.82, 2.24) is 14.3 Å². The minimum Gasteiger partial charge on any atom is -0.475 e. The number of halogens is 1. The third-order valence-corrected chi connectivity index (χ3v) is 7.06. The molecule has 1 heterocycles. The Morgan fingerprint density at radius 3 is 2.42 bits per heavy atom. The highest BCUT2D eigenvalue weighted by Gasteiger charge is 2.30. The minimum absolute atomic E-state index is 0.0562. The maximum Gasteiger partial charge on any atom is 0.243 e. The van der Waals surface area contributed by atoms with E-state index in [0.717, 1.165) is 16.3 Å². The van der Waals surface area contributed by atoms with Crippen molar-refractivity contribution in [2.75, 3.05) is 13.7 Å². The number of likely N-dealkylation sites (N-methyl/N-ethyl adjacent to an activating group) is 1. The van der Waals surface area contributed by atoms with Crippen LogP contribution in [0.1, 0.15) is 11.6 Å². The van der Waals surface area contributed by atoms with Crippen LogP contribution in [0.15, 0.2) is 90.0 Å². The topological polar surface area (TPSA) is 72.4 Å². The Kier molecular flexibility index (Phi) is 6.18. The Balaban J connectivity index is 1.67. The molecule has 0 aliphatic heterocycles. The first-order chi connectivity index (χ1) is 14.9. The van der Waals surface area contributed by atoms with Gasteiger partial charge < -0.3 is 4.74 Å². The quantitative estimate of drug-likeness (QED) is 0.378. The van der Waals surface area contributed by atoms with Crippen LogP contribution in [0.4, 0.5) is 0 Å². The van der Waals surface area contributed by atoms with E-state index in [0.29, 0.717) is 0 Å². The summed E-state index contributed by atoms with van der Waals surface area (Å²) in [5.74, 6) is 0.275. The summed E-state index contributed by atoms with van der Waals surface area (Å²) in [5, 5.41) is 1.90. The Bertz CT molecular complexity index is 1300. The van der Waals surface area contributed by atoms with Gasteiger partial charge in [-0.15, -0.1) is 0 Å². The molecular formula is C23H20ClN3O3S. The van der Waals surface area contributed by atoms with Crippen LogP contribution in [0.5, 0.6) is 5.88 Å². The van der Waals surface area contributed by atoms with Crippen LogP contribution < -0.4 is 4.74 Å². The second-order valence-electron chi connectivity index (χ2n) is 6.93. The standard InChI is InChI=1S/C23H20ClN3O3S/c1-27(31(28,29)20-12-11-17-7-5-6-10-19(17)15-20)21(18-8-3-2-4-9-18)16-30-22-13-14-25-23(24)26-22/h2-15,21H,16H2,1H3. The van der Waals surface area contributed by atoms with E-state index in [2.05, 4.69) is 9.97 Å². The summed E-state index contributed by atoms with van der Waals surface area (Å²) in [6.45, 7) is 0.0562. The molecule has 8 heteroatoms. The third kappa shape index (κ3) is 4.69. The van der Waals surface area contributed by atoms with E-state index in [4.69, 9.17) is 16.3 Å². The van der Waals surface area contributed by atoms with Crippen LogP contribution in [-0.2, 0) is 10.0 Å². The predicted molar refractivity (Wildman–Crippen MR) is 121 cm³/mol. The van der Waals surface area contributed by atoms with Crippen molar-refractivity contribution < 1.29 is 13.2 Å². The first kappa shape index (κ1) is 21.2. The summed E-state index contributed by atoms with van der Waals surface area (Å²) in [7, 11) is -2.24. The zero-order valence-electron chi connectivity index (χ0n) is 16.7. The first-order valence-electron chi connectivity index (χ1n) is 9.58. The van der Waals surface area contributed by atoms with E-state index in [1.807, 2.05) is 60.7 Å². The third-order valence-electron chi connectivity index (χ3n) is 5.01. The Hall–Kier alpha value is -3.00. The fourth-order valence-corrected chi connectivity index (χ4v) is 4.82. The monoisotopic (exact) mass is 453 g/mol. The van der Waals surface area contributed by atoms with Crippen LogP contribution in [0.3, 0.4) is 0 Å². The number of aromatic nitrogens is 2. The highest BCUT2D eigenvalue weighted by molar-refractivity contribution is 7.89. The molecule has 0 amide bonds. The van der Waals surface area contributed by atoms with E-state index in [9.17, 15) is 8.42 Å². The zero-order valence-corrected chi connectivity index (χ0v) is 18.3. The summed E-state index contributed by atoms with van der Waals surface area (Å²) in [6.07, 6.45) is 1.48. The van der Waals surface area contributed by atoms with Crippen LogP contribution >= 0.6 is 11.6 Å². The smallest absolute Gasteiger partial charge is 0.243 e. The van der Waals surface area contributed by atoms with Crippen LogP contribution in [0.2, 0.25) is 5.28 Å². The van der Waals surface area contributed by atoms with E-state index in [-0.39, 0.29) is 22.7 Å². The molecule has 0 saturated heterocycles. The molecule has 6 nitrogen and oxygen atoms in total. The molecule has 1 unspecified atom stereocenters. The van der Waals surface area contributed by atoms with Crippen molar-refractivity contribution in [3.63, 3.8) is 0 Å². The van der Waals surface area contributed by atoms with Crippen molar-refractivity contribution in [2.24, 2.45) is 0 Å². The average molecular weight is 454 g/mol.